The van der Waals surface area contributed by atoms with Gasteiger partial charge >= 0.3 is 10.2 Å². The van der Waals surface area contributed by atoms with Gasteiger partial charge in [0.25, 0.3) is 0 Å². The van der Waals surface area contributed by atoms with Crippen molar-refractivity contribution >= 4 is 21.1 Å². The van der Waals surface area contributed by atoms with Gasteiger partial charge in [0.1, 0.15) is 0 Å². The van der Waals surface area contributed by atoms with Crippen LogP contribution in [-0.4, -0.2) is 22.0 Å². The highest BCUT2D eigenvalue weighted by molar-refractivity contribution is 7.96. The minimum absolute atomic E-state index is 0.750. The van der Waals surface area contributed by atoms with Gasteiger partial charge in [0.2, 0.25) is 10.9 Å². The molecule has 0 amide bonds. The molecule has 0 radical (unpaired) electrons. The quantitative estimate of drug-likeness (QED) is 0.276. The molecule has 0 unspecified atom stereocenters. The van der Waals surface area contributed by atoms with E-state index in [0.29, 0.717) is 0 Å². The Balaban J connectivity index is 4.23. The lowest BCUT2D eigenvalue weighted by Crippen LogP contribution is -2.33. The number of thiol groups is 1. The van der Waals surface area contributed by atoms with Crippen LogP contribution in [0.25, 0.3) is 0 Å². The molecule has 0 aliphatic carbocycles. The molecule has 0 aliphatic rings. The molecule has 0 bridgehead atoms. The van der Waals surface area contributed by atoms with Crippen LogP contribution in [0.2, 0.25) is 0 Å². The van der Waals surface area contributed by atoms with Crippen LogP contribution >= 0.6 is 0 Å². The molecule has 0 aromatic carbocycles. The Labute approximate surface area is 52.9 Å². The van der Waals surface area contributed by atoms with E-state index in [1.165, 1.54) is 0 Å². The van der Waals surface area contributed by atoms with Gasteiger partial charge in [0, 0.05) is 0 Å². The maximum absolute atomic E-state index is 9.95. The van der Waals surface area contributed by atoms with Crippen LogP contribution in [0.4, 0.5) is 0 Å². The smallest absolute Gasteiger partial charge is 0.301 e. The summed E-state index contributed by atoms with van der Waals surface area (Å²) in [5, 5.41) is 7.68. The number of nitrogens with one attached hydrogen (secondary N) is 2. The molecular formula is H4N2O5S2. The first-order valence-corrected chi connectivity index (χ1v) is 4.21. The lowest BCUT2D eigenvalue weighted by molar-refractivity contribution is 0.242. The second-order valence-electron chi connectivity index (χ2n) is 0.943. The van der Waals surface area contributed by atoms with Gasteiger partial charge in [-0.25, -0.2) is 8.42 Å². The van der Waals surface area contributed by atoms with E-state index < -0.39 is 21.1 Å². The highest BCUT2D eigenvalue weighted by atomic mass is 32.3. The fraction of sp³-hybridized carbons (Fsp3) is 0. The van der Waals surface area contributed by atoms with E-state index in [9.17, 15) is 16.8 Å². The largest absolute Gasteiger partial charge is 0.311 e. The van der Waals surface area contributed by atoms with Gasteiger partial charge in [0.05, 0.1) is 0 Å². The molecule has 0 saturated carbocycles. The second kappa shape index (κ2) is 3.08. The van der Waals surface area contributed by atoms with E-state index in [-0.39, 0.29) is 0 Å². The average Bonchev–Trinajstić information content (AvgIpc) is 1.63. The predicted molar refractivity (Wildman–Crippen MR) is 27.3 cm³/mol. The van der Waals surface area contributed by atoms with Gasteiger partial charge in [-0.1, -0.05) is 9.01 Å². The topological polar surface area (TPSA) is 113 Å². The fourth-order valence-corrected chi connectivity index (χ4v) is 1.07. The van der Waals surface area contributed by atoms with E-state index in [4.69, 9.17) is 5.21 Å². The monoisotopic (exact) mass is 176 g/mol. The molecule has 0 saturated heterocycles. The van der Waals surface area contributed by atoms with Crippen molar-refractivity contribution < 1.29 is 22.0 Å². The number of hydrogen-bond acceptors (Lipinski definition) is 5. The van der Waals surface area contributed by atoms with Crippen LogP contribution in [0.1, 0.15) is 0 Å². The van der Waals surface area contributed by atoms with Crippen LogP contribution in [0.5, 0.6) is 0 Å². The SMILES string of the molecule is O=[SH](=O)NS(=O)(=O)NO. The minimum atomic E-state index is -4.26. The van der Waals surface area contributed by atoms with Crippen LogP contribution in [-0.2, 0) is 21.1 Å². The van der Waals surface area contributed by atoms with Crippen molar-refractivity contribution in [2.24, 2.45) is 0 Å². The van der Waals surface area contributed by atoms with Crippen molar-refractivity contribution in [3.8, 4) is 0 Å². The highest BCUT2D eigenvalue weighted by Crippen LogP contribution is 1.68. The van der Waals surface area contributed by atoms with Crippen molar-refractivity contribution in [2.45, 2.75) is 0 Å². The number of rotatable bonds is 3. The van der Waals surface area contributed by atoms with Crippen molar-refractivity contribution in [3.05, 3.63) is 0 Å². The van der Waals surface area contributed by atoms with Crippen LogP contribution in [0.15, 0.2) is 0 Å². The Hall–Kier alpha value is -0.220. The van der Waals surface area contributed by atoms with Crippen LogP contribution in [0.3, 0.4) is 0 Å². The third-order valence-corrected chi connectivity index (χ3v) is 2.11. The average molecular weight is 176 g/mol. The Morgan fingerprint density at radius 3 is 1.89 bits per heavy atom. The van der Waals surface area contributed by atoms with E-state index in [1.54, 1.807) is 0 Å². The van der Waals surface area contributed by atoms with E-state index in [1.807, 2.05) is 0 Å². The molecule has 0 aliphatic heterocycles. The molecule has 0 spiro atoms. The third-order valence-electron chi connectivity index (χ3n) is 0.315. The fourth-order valence-electron chi connectivity index (χ4n) is 0.119. The molecular weight excluding hydrogens is 172 g/mol. The molecule has 9 heteroatoms. The molecule has 3 N–H and O–H groups in total. The van der Waals surface area contributed by atoms with Crippen molar-refractivity contribution in [1.29, 1.82) is 0 Å². The molecule has 7 nitrogen and oxygen atoms in total. The van der Waals surface area contributed by atoms with Crippen LogP contribution < -0.4 is 9.01 Å². The Kier molecular flexibility index (Phi) is 3.00. The molecule has 0 rings (SSSR count). The normalized spacial score (nSPS) is 12.2. The first kappa shape index (κ1) is 8.78. The van der Waals surface area contributed by atoms with Crippen LogP contribution in [0, 0.1) is 0 Å². The van der Waals surface area contributed by atoms with Gasteiger partial charge < -0.3 is 5.21 Å². The zero-order valence-corrected chi connectivity index (χ0v) is 5.65. The minimum Gasteiger partial charge on any atom is -0.301 e. The zero-order chi connectivity index (χ0) is 7.49. The first-order valence-electron chi connectivity index (χ1n) is 1.55. The van der Waals surface area contributed by atoms with E-state index >= 15 is 0 Å². The summed E-state index contributed by atoms with van der Waals surface area (Å²) in [6, 6.07) is 0. The summed E-state index contributed by atoms with van der Waals surface area (Å²) >= 11 is 0. The summed E-state index contributed by atoms with van der Waals surface area (Å²) < 4.78 is 40.1. The molecule has 0 fully saturated rings. The Bertz CT molecular complexity index is 226. The van der Waals surface area contributed by atoms with Gasteiger partial charge in [-0.2, -0.15) is 8.42 Å². The zero-order valence-electron chi connectivity index (χ0n) is 3.94. The Morgan fingerprint density at radius 2 is 1.78 bits per heavy atom. The third kappa shape index (κ3) is 4.29. The molecule has 0 aromatic heterocycles. The predicted octanol–water partition coefficient (Wildman–Crippen LogP) is -2.67. The molecule has 0 aromatic rings. The maximum Gasteiger partial charge on any atom is 0.311 e. The summed E-state index contributed by atoms with van der Waals surface area (Å²) in [5.74, 6) is 0. The van der Waals surface area contributed by atoms with Gasteiger partial charge in [-0.3, -0.25) is 0 Å². The van der Waals surface area contributed by atoms with Crippen molar-refractivity contribution in [2.75, 3.05) is 0 Å². The second-order valence-corrected chi connectivity index (χ2v) is 3.38. The summed E-state index contributed by atoms with van der Waals surface area (Å²) in [6.07, 6.45) is 0. The summed E-state index contributed by atoms with van der Waals surface area (Å²) in [5.41, 5.74) is 0. The molecule has 9 heavy (non-hydrogen) atoms. The van der Waals surface area contributed by atoms with E-state index in [0.717, 1.165) is 9.01 Å². The van der Waals surface area contributed by atoms with Crippen molar-refractivity contribution in [1.82, 2.24) is 9.01 Å². The van der Waals surface area contributed by atoms with Gasteiger partial charge in [-0.15, -0.1) is 0 Å². The lowest BCUT2D eigenvalue weighted by atomic mass is 13.5. The van der Waals surface area contributed by atoms with Gasteiger partial charge in [-0.05, 0) is 0 Å². The summed E-state index contributed by atoms with van der Waals surface area (Å²) in [6.45, 7) is 0. The first-order chi connectivity index (χ1) is 3.98. The van der Waals surface area contributed by atoms with Gasteiger partial charge in [0.15, 0.2) is 0 Å². The number of hydrogen-bond donors (Lipinski definition) is 4. The van der Waals surface area contributed by atoms with E-state index in [2.05, 4.69) is 0 Å². The van der Waals surface area contributed by atoms with Crippen molar-refractivity contribution in [3.63, 3.8) is 0 Å². The lowest BCUT2D eigenvalue weighted by Gasteiger charge is -1.92. The standard InChI is InChI=1S/H4N2O5S2/c3-1-9(6,7)2-8(4)5/h1,3,8H,(H,2,4,5). The highest BCUT2D eigenvalue weighted by Gasteiger charge is 2.05. The molecule has 0 atom stereocenters. The maximum atomic E-state index is 9.95. The summed E-state index contributed by atoms with van der Waals surface area (Å²) in [7, 11) is -7.51. The Morgan fingerprint density at radius 1 is 1.33 bits per heavy atom. The summed E-state index contributed by atoms with van der Waals surface area (Å²) in [4.78, 5) is 0.750. The molecule has 0 heterocycles. The molecule has 56 valence electrons.